The molecule has 0 bridgehead atoms. The van der Waals surface area contributed by atoms with Gasteiger partial charge < -0.3 is 22.9 Å². The fourth-order valence-corrected chi connectivity index (χ4v) is 4.50. The van der Waals surface area contributed by atoms with Crippen LogP contribution in [0.2, 0.25) is 0 Å². The molecule has 0 saturated heterocycles. The molecule has 0 amide bonds. The van der Waals surface area contributed by atoms with E-state index >= 15 is 4.39 Å². The first kappa shape index (κ1) is 34.0. The van der Waals surface area contributed by atoms with Gasteiger partial charge in [-0.1, -0.05) is 0 Å². The smallest absolute Gasteiger partial charge is 0.398 e. The Bertz CT molecular complexity index is 2090. The quantitative estimate of drug-likeness (QED) is 0.110. The van der Waals surface area contributed by atoms with Gasteiger partial charge in [-0.25, -0.2) is 48.3 Å². The minimum atomic E-state index is -5.99. The van der Waals surface area contributed by atoms with E-state index in [2.05, 4.69) is 0 Å². The number of rotatable bonds is 3. The van der Waals surface area contributed by atoms with Crippen molar-refractivity contribution in [2.24, 2.45) is 11.5 Å². The molecule has 3 aromatic rings. The maximum absolute atomic E-state index is 15.0. The first-order valence-electron chi connectivity index (χ1n) is 11.7. The van der Waals surface area contributed by atoms with Crippen molar-refractivity contribution in [1.82, 2.24) is 0 Å². The molecular weight excluding hydrogens is 674 g/mol. The second-order valence-electron chi connectivity index (χ2n) is 9.20. The van der Waals surface area contributed by atoms with Crippen LogP contribution in [-0.2, 0) is 6.18 Å². The predicted octanol–water partition coefficient (Wildman–Crippen LogP) is 6.30. The van der Waals surface area contributed by atoms with Crippen LogP contribution in [0.15, 0.2) is 16.7 Å². The minimum absolute atomic E-state index is 0.769. The van der Waals surface area contributed by atoms with Gasteiger partial charge in [-0.3, -0.25) is 0 Å². The zero-order valence-electron chi connectivity index (χ0n) is 22.0. The molecule has 4 rings (SSSR count). The van der Waals surface area contributed by atoms with Crippen molar-refractivity contribution in [1.29, 1.82) is 10.5 Å². The number of nitrogen functional groups attached to an aromatic ring is 2. The Morgan fingerprint density at radius 3 is 1.23 bits per heavy atom. The lowest BCUT2D eigenvalue weighted by Crippen LogP contribution is -2.19. The SMILES string of the molecule is N#C/C(=C1\C(=C(N)c2c(F)c(F)c(C#N)c(F)c2F)\C1=C(\N)c1c(F)c(F)c(N)c(F)c1C(F)(F)F)c1c(F)c(F)c(N)c(F)c1F. The molecule has 20 heteroatoms. The largest absolute Gasteiger partial charge is 0.420 e. The van der Waals surface area contributed by atoms with Crippen LogP contribution < -0.4 is 22.9 Å². The van der Waals surface area contributed by atoms with Crippen LogP contribution in [0.25, 0.3) is 17.0 Å². The van der Waals surface area contributed by atoms with Crippen LogP contribution in [-0.4, -0.2) is 0 Å². The molecule has 1 aliphatic rings. The predicted molar refractivity (Wildman–Crippen MR) is 132 cm³/mol. The third kappa shape index (κ3) is 4.80. The van der Waals surface area contributed by atoms with Gasteiger partial charge in [0.05, 0.1) is 33.7 Å². The van der Waals surface area contributed by atoms with E-state index in [0.29, 0.717) is 0 Å². The van der Waals surface area contributed by atoms with Crippen LogP contribution in [0, 0.1) is 86.7 Å². The molecule has 1 saturated carbocycles. The van der Waals surface area contributed by atoms with Gasteiger partial charge in [0.1, 0.15) is 34.6 Å². The van der Waals surface area contributed by atoms with E-state index in [0.717, 1.165) is 12.1 Å². The molecule has 6 nitrogen and oxygen atoms in total. The number of benzene rings is 3. The van der Waals surface area contributed by atoms with Gasteiger partial charge in [0.25, 0.3) is 0 Å². The molecule has 1 aliphatic carbocycles. The molecule has 47 heavy (non-hydrogen) atoms. The van der Waals surface area contributed by atoms with Crippen LogP contribution in [0.3, 0.4) is 0 Å². The molecule has 0 atom stereocenters. The van der Waals surface area contributed by atoms with E-state index < -0.39 is 143 Å². The van der Waals surface area contributed by atoms with Crippen molar-refractivity contribution in [2.75, 3.05) is 11.5 Å². The number of hydrogen-bond acceptors (Lipinski definition) is 6. The summed E-state index contributed by atoms with van der Waals surface area (Å²) in [7, 11) is 0. The third-order valence-corrected chi connectivity index (χ3v) is 6.69. The highest BCUT2D eigenvalue weighted by atomic mass is 19.4. The lowest BCUT2D eigenvalue weighted by molar-refractivity contribution is -0.140. The topological polar surface area (TPSA) is 152 Å². The second-order valence-corrected chi connectivity index (χ2v) is 9.20. The summed E-state index contributed by atoms with van der Waals surface area (Å²) in [5.41, 5.74) is -3.32. The van der Waals surface area contributed by atoms with Crippen molar-refractivity contribution in [3.05, 3.63) is 109 Å². The van der Waals surface area contributed by atoms with Gasteiger partial charge in [-0.15, -0.1) is 0 Å². The summed E-state index contributed by atoms with van der Waals surface area (Å²) < 4.78 is 203. The Morgan fingerprint density at radius 2 is 0.851 bits per heavy atom. The fraction of sp³-hybridized carbons (Fsp3) is 0.0370. The molecule has 0 spiro atoms. The van der Waals surface area contributed by atoms with Crippen LogP contribution in [0.1, 0.15) is 27.8 Å². The highest BCUT2D eigenvalue weighted by Gasteiger charge is 2.47. The summed E-state index contributed by atoms with van der Waals surface area (Å²) in [6.45, 7) is 0. The number of allylic oxidation sites excluding steroid dienone is 4. The molecule has 0 unspecified atom stereocenters. The lowest BCUT2D eigenvalue weighted by Gasteiger charge is -2.17. The fourth-order valence-electron chi connectivity index (χ4n) is 4.50. The first-order chi connectivity index (χ1) is 21.7. The highest BCUT2D eigenvalue weighted by Crippen LogP contribution is 2.56. The molecule has 8 N–H and O–H groups in total. The van der Waals surface area contributed by atoms with Crippen LogP contribution in [0.4, 0.5) is 72.8 Å². The van der Waals surface area contributed by atoms with Crippen molar-refractivity contribution >= 4 is 28.3 Å². The van der Waals surface area contributed by atoms with E-state index in [4.69, 9.17) is 28.2 Å². The standard InChI is InChI=1S/C27H8F14N6/c28-12-4(2-43)13(29)18(34)10(17(12)33)24(45)8-5(3(1-42)6-14(30)20(36)26(47)21(37)15(6)31)7(8)23(44)9-11(27(39,40)41)19(35)25(46)22(38)16(9)32/h44-47H2/b5-3+,23-7+,24-8?. The average Bonchev–Trinajstić information content (AvgIpc) is 3.75. The molecule has 0 radical (unpaired) electrons. The van der Waals surface area contributed by atoms with E-state index in [-0.39, 0.29) is 0 Å². The highest BCUT2D eigenvalue weighted by molar-refractivity contribution is 6.08. The van der Waals surface area contributed by atoms with E-state index in [9.17, 15) is 62.3 Å². The Hall–Kier alpha value is -5.92. The molecule has 0 aliphatic heterocycles. The molecule has 0 aromatic heterocycles. The van der Waals surface area contributed by atoms with Crippen molar-refractivity contribution in [3.63, 3.8) is 0 Å². The van der Waals surface area contributed by atoms with E-state index in [1.165, 1.54) is 0 Å². The van der Waals surface area contributed by atoms with E-state index in [1.807, 2.05) is 0 Å². The maximum Gasteiger partial charge on any atom is 0.420 e. The Kier molecular flexibility index (Phi) is 8.06. The Morgan fingerprint density at radius 1 is 0.489 bits per heavy atom. The average molecular weight is 682 g/mol. The zero-order valence-corrected chi connectivity index (χ0v) is 22.0. The molecule has 0 heterocycles. The Labute approximate surface area is 250 Å². The lowest BCUT2D eigenvalue weighted by atomic mass is 9.99. The monoisotopic (exact) mass is 682 g/mol. The summed E-state index contributed by atoms with van der Waals surface area (Å²) in [4.78, 5) is 0. The first-order valence-corrected chi connectivity index (χ1v) is 11.7. The number of anilines is 2. The molecular formula is C27H8F14N6. The normalized spacial score (nSPS) is 16.1. The number of hydrogen-bond donors (Lipinski definition) is 4. The van der Waals surface area contributed by atoms with Gasteiger partial charge in [0, 0.05) is 16.7 Å². The molecule has 244 valence electrons. The number of nitriles is 2. The van der Waals surface area contributed by atoms with Crippen molar-refractivity contribution in [2.45, 2.75) is 6.18 Å². The molecule has 3 aromatic carbocycles. The number of halogens is 14. The van der Waals surface area contributed by atoms with Crippen molar-refractivity contribution < 1.29 is 61.5 Å². The van der Waals surface area contributed by atoms with Gasteiger partial charge >= 0.3 is 6.18 Å². The van der Waals surface area contributed by atoms with Gasteiger partial charge in [-0.2, -0.15) is 23.7 Å². The zero-order chi connectivity index (χ0) is 35.8. The molecule has 1 fully saturated rings. The van der Waals surface area contributed by atoms with E-state index in [1.54, 1.807) is 0 Å². The van der Waals surface area contributed by atoms with Gasteiger partial charge in [0.2, 0.25) is 0 Å². The van der Waals surface area contributed by atoms with Crippen LogP contribution >= 0.6 is 0 Å². The summed E-state index contributed by atoms with van der Waals surface area (Å²) in [6, 6.07) is 1.72. The number of nitrogens with zero attached hydrogens (tertiary/aromatic N) is 2. The third-order valence-electron chi connectivity index (χ3n) is 6.69. The second kappa shape index (κ2) is 11.2. The van der Waals surface area contributed by atoms with Gasteiger partial charge in [0.15, 0.2) is 64.0 Å². The van der Waals surface area contributed by atoms with Gasteiger partial charge in [-0.05, 0) is 0 Å². The number of nitrogens with two attached hydrogens (primary N) is 4. The van der Waals surface area contributed by atoms with Crippen LogP contribution in [0.5, 0.6) is 0 Å². The minimum Gasteiger partial charge on any atom is -0.398 e. The summed E-state index contributed by atoms with van der Waals surface area (Å²) in [6.07, 6.45) is -5.99. The summed E-state index contributed by atoms with van der Waals surface area (Å²) in [5, 5.41) is 18.5. The maximum atomic E-state index is 15.0. The Balaban J connectivity index is 2.32. The summed E-state index contributed by atoms with van der Waals surface area (Å²) in [5.74, 6) is -27.3. The van der Waals surface area contributed by atoms with Crippen molar-refractivity contribution in [3.8, 4) is 12.1 Å². The summed E-state index contributed by atoms with van der Waals surface area (Å²) >= 11 is 0. The number of alkyl halides is 3.